The van der Waals surface area contributed by atoms with E-state index in [1.54, 1.807) is 0 Å². The molecule has 0 amide bonds. The van der Waals surface area contributed by atoms with Crippen LogP contribution in [0.5, 0.6) is 0 Å². The average molecular weight is 641 g/mol. The molecular weight excluding hydrogens is 605 g/mol. The number of nitrogens with zero attached hydrogens (tertiary/aromatic N) is 2. The highest BCUT2D eigenvalue weighted by molar-refractivity contribution is 6.23. The Labute approximate surface area is 291 Å². The Bertz CT molecular complexity index is 2730. The molecule has 50 heavy (non-hydrogen) atoms. The normalized spacial score (nSPS) is 15.1. The lowest BCUT2D eigenvalue weighted by molar-refractivity contribution is 0.659. The maximum absolute atomic E-state index is 2.54. The second-order valence-corrected chi connectivity index (χ2v) is 15.4. The monoisotopic (exact) mass is 640 g/mol. The van der Waals surface area contributed by atoms with Crippen molar-refractivity contribution in [2.24, 2.45) is 0 Å². The fraction of sp³-hybridized carbons (Fsp3) is 0.125. The standard InChI is InChI=1S/C48H36N2/c1-47(2)39-17-9-5-13-31(39)33-23-21-29(27-41(33)47)49-43-19-11-7-15-35(43)37-25-26-38-36-16-8-12-20-44(36)50(46(38)45(37)49)30-22-24-34-32-14-6-10-18-40(32)48(3,4)42(34)28-30/h5-28H,1-4H3. The van der Waals surface area contributed by atoms with Crippen molar-refractivity contribution < 1.29 is 0 Å². The number of aromatic nitrogens is 2. The van der Waals surface area contributed by atoms with Crippen LogP contribution in [0.3, 0.4) is 0 Å². The Kier molecular flexibility index (Phi) is 5.28. The number of benzene rings is 7. The topological polar surface area (TPSA) is 9.86 Å². The van der Waals surface area contributed by atoms with Gasteiger partial charge in [0.05, 0.1) is 22.1 Å². The molecule has 0 radical (unpaired) electrons. The SMILES string of the molecule is CC1(C)c2ccccc2-c2ccc(-n3c4ccccc4c4ccc5c6ccccc6n(-c6ccc7c(c6)C(C)(C)c6ccccc6-7)c5c43)cc21. The van der Waals surface area contributed by atoms with E-state index in [1.165, 1.54) is 99.5 Å². The summed E-state index contributed by atoms with van der Waals surface area (Å²) in [6.07, 6.45) is 0. The molecule has 2 aliphatic rings. The van der Waals surface area contributed by atoms with E-state index in [0.29, 0.717) is 0 Å². The molecule has 2 heteroatoms. The molecule has 2 aliphatic carbocycles. The summed E-state index contributed by atoms with van der Waals surface area (Å²) in [5.74, 6) is 0. The fourth-order valence-electron chi connectivity index (χ4n) is 9.70. The molecule has 0 saturated heterocycles. The predicted octanol–water partition coefficient (Wildman–Crippen LogP) is 12.5. The van der Waals surface area contributed by atoms with Gasteiger partial charge in [-0.25, -0.2) is 0 Å². The summed E-state index contributed by atoms with van der Waals surface area (Å²) in [6.45, 7) is 9.49. The van der Waals surface area contributed by atoms with E-state index in [0.717, 1.165) is 0 Å². The largest absolute Gasteiger partial charge is 0.307 e. The zero-order valence-corrected chi connectivity index (χ0v) is 28.8. The molecule has 0 saturated carbocycles. The lowest BCUT2D eigenvalue weighted by atomic mass is 9.82. The first-order valence-electron chi connectivity index (χ1n) is 17.8. The number of fused-ring (bicyclic) bond motifs is 13. The quantitative estimate of drug-likeness (QED) is 0.178. The van der Waals surface area contributed by atoms with Crippen molar-refractivity contribution in [1.82, 2.24) is 9.13 Å². The fourth-order valence-corrected chi connectivity index (χ4v) is 9.70. The van der Waals surface area contributed by atoms with Crippen molar-refractivity contribution in [2.45, 2.75) is 38.5 Å². The smallest absolute Gasteiger partial charge is 0.0788 e. The molecule has 0 N–H and O–H groups in total. The summed E-state index contributed by atoms with van der Waals surface area (Å²) in [5.41, 5.74) is 18.1. The minimum atomic E-state index is -0.0836. The van der Waals surface area contributed by atoms with E-state index >= 15 is 0 Å². The van der Waals surface area contributed by atoms with Crippen LogP contribution in [-0.4, -0.2) is 9.13 Å². The van der Waals surface area contributed by atoms with Gasteiger partial charge in [0.1, 0.15) is 0 Å². The Balaban J connectivity index is 1.26. The van der Waals surface area contributed by atoms with Crippen LogP contribution >= 0.6 is 0 Å². The first kappa shape index (κ1) is 28.0. The van der Waals surface area contributed by atoms with Gasteiger partial charge in [-0.05, 0) is 80.9 Å². The van der Waals surface area contributed by atoms with Crippen LogP contribution in [0.4, 0.5) is 0 Å². The van der Waals surface area contributed by atoms with E-state index in [-0.39, 0.29) is 10.8 Å². The lowest BCUT2D eigenvalue weighted by Gasteiger charge is -2.23. The molecule has 0 aliphatic heterocycles. The summed E-state index contributed by atoms with van der Waals surface area (Å²) < 4.78 is 5.07. The third-order valence-electron chi connectivity index (χ3n) is 12.1. The van der Waals surface area contributed by atoms with Crippen LogP contribution in [0.15, 0.2) is 146 Å². The number of rotatable bonds is 2. The van der Waals surface area contributed by atoms with Crippen LogP contribution in [0.25, 0.3) is 77.2 Å². The molecule has 7 aromatic carbocycles. The van der Waals surface area contributed by atoms with Crippen molar-refractivity contribution in [1.29, 1.82) is 0 Å². The van der Waals surface area contributed by atoms with Crippen LogP contribution in [-0.2, 0) is 10.8 Å². The number of hydrogen-bond acceptors (Lipinski definition) is 0. The maximum atomic E-state index is 2.54. The Morgan fingerprint density at radius 1 is 0.340 bits per heavy atom. The minimum Gasteiger partial charge on any atom is -0.307 e. The van der Waals surface area contributed by atoms with Crippen LogP contribution in [0.1, 0.15) is 49.9 Å². The summed E-state index contributed by atoms with van der Waals surface area (Å²) in [7, 11) is 0. The first-order chi connectivity index (χ1) is 24.3. The summed E-state index contributed by atoms with van der Waals surface area (Å²) in [5, 5.41) is 5.09. The van der Waals surface area contributed by atoms with E-state index < -0.39 is 0 Å². The van der Waals surface area contributed by atoms with Gasteiger partial charge in [-0.15, -0.1) is 0 Å². The third-order valence-corrected chi connectivity index (χ3v) is 12.1. The van der Waals surface area contributed by atoms with Crippen molar-refractivity contribution >= 4 is 43.6 Å². The molecule has 2 heterocycles. The van der Waals surface area contributed by atoms with E-state index in [1.807, 2.05) is 0 Å². The van der Waals surface area contributed by atoms with Gasteiger partial charge < -0.3 is 9.13 Å². The van der Waals surface area contributed by atoms with Crippen molar-refractivity contribution in [3.05, 3.63) is 168 Å². The summed E-state index contributed by atoms with van der Waals surface area (Å²) in [4.78, 5) is 0. The molecule has 0 spiro atoms. The van der Waals surface area contributed by atoms with Gasteiger partial charge in [-0.1, -0.05) is 137 Å². The molecule has 2 aromatic heterocycles. The molecule has 2 nitrogen and oxygen atoms in total. The van der Waals surface area contributed by atoms with E-state index in [2.05, 4.69) is 182 Å². The second-order valence-electron chi connectivity index (χ2n) is 15.4. The molecular formula is C48H36N2. The second kappa shape index (κ2) is 9.43. The van der Waals surface area contributed by atoms with Gasteiger partial charge in [-0.2, -0.15) is 0 Å². The van der Waals surface area contributed by atoms with Crippen LogP contribution in [0, 0.1) is 0 Å². The van der Waals surface area contributed by atoms with Crippen molar-refractivity contribution in [3.8, 4) is 33.6 Å². The van der Waals surface area contributed by atoms with E-state index in [9.17, 15) is 0 Å². The maximum Gasteiger partial charge on any atom is 0.0788 e. The molecule has 238 valence electrons. The minimum absolute atomic E-state index is 0.0836. The van der Waals surface area contributed by atoms with Crippen LogP contribution < -0.4 is 0 Å². The lowest BCUT2D eigenvalue weighted by Crippen LogP contribution is -2.15. The summed E-state index contributed by atoms with van der Waals surface area (Å²) in [6, 6.07) is 54.7. The molecule has 9 aromatic rings. The van der Waals surface area contributed by atoms with Crippen molar-refractivity contribution in [2.75, 3.05) is 0 Å². The zero-order chi connectivity index (χ0) is 33.5. The Hall–Kier alpha value is -5.86. The molecule has 0 fully saturated rings. The van der Waals surface area contributed by atoms with Gasteiger partial charge in [-0.3, -0.25) is 0 Å². The average Bonchev–Trinajstić information content (AvgIpc) is 3.81. The molecule has 0 bridgehead atoms. The third kappa shape index (κ3) is 3.39. The Morgan fingerprint density at radius 3 is 1.18 bits per heavy atom. The number of hydrogen-bond donors (Lipinski definition) is 0. The zero-order valence-electron chi connectivity index (χ0n) is 28.8. The van der Waals surface area contributed by atoms with Crippen LogP contribution in [0.2, 0.25) is 0 Å². The number of para-hydroxylation sites is 2. The molecule has 11 rings (SSSR count). The van der Waals surface area contributed by atoms with Crippen molar-refractivity contribution in [3.63, 3.8) is 0 Å². The predicted molar refractivity (Wildman–Crippen MR) is 210 cm³/mol. The Morgan fingerprint density at radius 2 is 0.720 bits per heavy atom. The summed E-state index contributed by atoms with van der Waals surface area (Å²) >= 11 is 0. The van der Waals surface area contributed by atoms with Gasteiger partial charge >= 0.3 is 0 Å². The molecule has 0 atom stereocenters. The molecule has 0 unspecified atom stereocenters. The van der Waals surface area contributed by atoms with Gasteiger partial charge in [0, 0.05) is 43.7 Å². The van der Waals surface area contributed by atoms with Gasteiger partial charge in [0.2, 0.25) is 0 Å². The highest BCUT2D eigenvalue weighted by Crippen LogP contribution is 2.51. The first-order valence-corrected chi connectivity index (χ1v) is 17.8. The highest BCUT2D eigenvalue weighted by atomic mass is 15.0. The van der Waals surface area contributed by atoms with Gasteiger partial charge in [0.25, 0.3) is 0 Å². The van der Waals surface area contributed by atoms with Gasteiger partial charge in [0.15, 0.2) is 0 Å². The van der Waals surface area contributed by atoms with E-state index in [4.69, 9.17) is 0 Å². The highest BCUT2D eigenvalue weighted by Gasteiger charge is 2.37.